The number of rotatable bonds is 3. The molecule has 1 aromatic heterocycles. The van der Waals surface area contributed by atoms with Crippen LogP contribution >= 0.6 is 11.6 Å². The van der Waals surface area contributed by atoms with Crippen molar-refractivity contribution in [2.75, 3.05) is 16.8 Å². The fourth-order valence-electron chi connectivity index (χ4n) is 2.90. The molecule has 1 aliphatic rings. The van der Waals surface area contributed by atoms with Gasteiger partial charge in [0, 0.05) is 22.8 Å². The van der Waals surface area contributed by atoms with Gasteiger partial charge in [0.2, 0.25) is 0 Å². The number of hydrogen-bond acceptors (Lipinski definition) is 4. The minimum Gasteiger partial charge on any atom is -0.324 e. The highest BCUT2D eigenvalue weighted by molar-refractivity contribution is 6.30. The third-order valence-corrected chi connectivity index (χ3v) is 4.41. The molecule has 4 rings (SSSR count). The number of amides is 1. The predicted octanol–water partition coefficient (Wildman–Crippen LogP) is 4.08. The van der Waals surface area contributed by atoms with Crippen molar-refractivity contribution in [1.82, 2.24) is 10.2 Å². The summed E-state index contributed by atoms with van der Waals surface area (Å²) in [6.45, 7) is 0.879. The average molecular weight is 351 g/mol. The highest BCUT2D eigenvalue weighted by Gasteiger charge is 2.21. The first-order chi connectivity index (χ1) is 12.2. The molecule has 124 valence electrons. The largest absolute Gasteiger partial charge is 0.324 e. The summed E-state index contributed by atoms with van der Waals surface area (Å²) >= 11 is 5.83. The zero-order valence-corrected chi connectivity index (χ0v) is 14.1. The summed E-state index contributed by atoms with van der Waals surface area (Å²) in [5, 5.41) is 11.7. The van der Waals surface area contributed by atoms with Gasteiger partial charge in [0.1, 0.15) is 0 Å². The van der Waals surface area contributed by atoms with Crippen molar-refractivity contribution in [2.45, 2.75) is 6.42 Å². The zero-order valence-electron chi connectivity index (χ0n) is 13.3. The standard InChI is InChI=1S/C19H15ClN4O/c20-15-7-5-14(6-8-15)19(25)21-17-9-10-18(23-22-17)24-12-11-13-3-1-2-4-16(13)24/h1-10H,11-12H2,(H,21,22,25). The van der Waals surface area contributed by atoms with Gasteiger partial charge in [-0.3, -0.25) is 4.79 Å². The number of fused-ring (bicyclic) bond motifs is 1. The van der Waals surface area contributed by atoms with Gasteiger partial charge < -0.3 is 10.2 Å². The lowest BCUT2D eigenvalue weighted by atomic mass is 10.2. The van der Waals surface area contributed by atoms with Gasteiger partial charge in [-0.15, -0.1) is 10.2 Å². The van der Waals surface area contributed by atoms with E-state index < -0.39 is 0 Å². The lowest BCUT2D eigenvalue weighted by molar-refractivity contribution is 0.102. The minimum atomic E-state index is -0.245. The van der Waals surface area contributed by atoms with Crippen LogP contribution in [0, 0.1) is 0 Å². The lowest BCUT2D eigenvalue weighted by Gasteiger charge is -2.17. The van der Waals surface area contributed by atoms with E-state index in [4.69, 9.17) is 11.6 Å². The number of carbonyl (C=O) groups excluding carboxylic acids is 1. The van der Waals surface area contributed by atoms with Crippen LogP contribution in [0.15, 0.2) is 60.7 Å². The summed E-state index contributed by atoms with van der Waals surface area (Å²) in [5.74, 6) is 0.941. The molecule has 3 aromatic rings. The molecule has 1 aliphatic heterocycles. The number of nitrogens with one attached hydrogen (secondary N) is 1. The van der Waals surface area contributed by atoms with E-state index in [1.165, 1.54) is 5.56 Å². The Morgan fingerprint density at radius 1 is 1.00 bits per heavy atom. The van der Waals surface area contributed by atoms with Crippen LogP contribution in [0.4, 0.5) is 17.3 Å². The van der Waals surface area contributed by atoms with Crippen molar-refractivity contribution < 1.29 is 4.79 Å². The minimum absolute atomic E-state index is 0.245. The molecule has 0 bridgehead atoms. The van der Waals surface area contributed by atoms with Crippen LogP contribution in [-0.2, 0) is 6.42 Å². The van der Waals surface area contributed by atoms with Crippen LogP contribution in [0.3, 0.4) is 0 Å². The van der Waals surface area contributed by atoms with E-state index in [-0.39, 0.29) is 5.91 Å². The molecule has 0 fully saturated rings. The van der Waals surface area contributed by atoms with Gasteiger partial charge in [-0.2, -0.15) is 0 Å². The first kappa shape index (κ1) is 15.6. The highest BCUT2D eigenvalue weighted by atomic mass is 35.5. The maximum Gasteiger partial charge on any atom is 0.256 e. The Bertz CT molecular complexity index is 909. The first-order valence-electron chi connectivity index (χ1n) is 7.97. The third kappa shape index (κ3) is 3.19. The number of nitrogens with zero attached hydrogens (tertiary/aromatic N) is 3. The molecule has 6 heteroatoms. The molecule has 0 radical (unpaired) electrons. The molecule has 2 aromatic carbocycles. The molecule has 1 N–H and O–H groups in total. The summed E-state index contributed by atoms with van der Waals surface area (Å²) < 4.78 is 0. The first-order valence-corrected chi connectivity index (χ1v) is 8.34. The quantitative estimate of drug-likeness (QED) is 0.773. The summed E-state index contributed by atoms with van der Waals surface area (Å²) in [6.07, 6.45) is 0.993. The molecule has 0 saturated carbocycles. The summed E-state index contributed by atoms with van der Waals surface area (Å²) in [6, 6.07) is 18.6. The molecular weight excluding hydrogens is 336 g/mol. The van der Waals surface area contributed by atoms with Gasteiger partial charge in [-0.05, 0) is 54.4 Å². The topological polar surface area (TPSA) is 58.1 Å². The molecule has 5 nitrogen and oxygen atoms in total. The van der Waals surface area contributed by atoms with E-state index in [1.54, 1.807) is 30.3 Å². The predicted molar refractivity (Wildman–Crippen MR) is 98.6 cm³/mol. The second-order valence-electron chi connectivity index (χ2n) is 5.77. The second-order valence-corrected chi connectivity index (χ2v) is 6.20. The summed E-state index contributed by atoms with van der Waals surface area (Å²) in [4.78, 5) is 14.3. The molecule has 1 amide bonds. The van der Waals surface area contributed by atoms with Crippen LogP contribution in [0.2, 0.25) is 5.02 Å². The second kappa shape index (κ2) is 6.53. The normalized spacial score (nSPS) is 12.8. The maximum absolute atomic E-state index is 12.2. The Kier molecular flexibility index (Phi) is 4.07. The third-order valence-electron chi connectivity index (χ3n) is 4.16. The Balaban J connectivity index is 1.49. The van der Waals surface area contributed by atoms with Gasteiger partial charge >= 0.3 is 0 Å². The van der Waals surface area contributed by atoms with E-state index in [1.807, 2.05) is 18.2 Å². The van der Waals surface area contributed by atoms with E-state index in [0.717, 1.165) is 24.5 Å². The van der Waals surface area contributed by atoms with Crippen molar-refractivity contribution in [3.8, 4) is 0 Å². The SMILES string of the molecule is O=C(Nc1ccc(N2CCc3ccccc32)nn1)c1ccc(Cl)cc1. The van der Waals surface area contributed by atoms with E-state index >= 15 is 0 Å². The molecule has 0 saturated heterocycles. The number of carbonyl (C=O) groups is 1. The Labute approximate surface area is 150 Å². The van der Waals surface area contributed by atoms with E-state index in [2.05, 4.69) is 32.5 Å². The molecule has 2 heterocycles. The number of para-hydroxylation sites is 1. The van der Waals surface area contributed by atoms with Crippen molar-refractivity contribution >= 4 is 34.8 Å². The number of anilines is 3. The number of aromatic nitrogens is 2. The molecule has 0 atom stereocenters. The molecule has 0 unspecified atom stereocenters. The fraction of sp³-hybridized carbons (Fsp3) is 0.105. The number of halogens is 1. The molecular formula is C19H15ClN4O. The van der Waals surface area contributed by atoms with Crippen LogP contribution in [0.25, 0.3) is 0 Å². The molecule has 0 spiro atoms. The van der Waals surface area contributed by atoms with E-state index in [9.17, 15) is 4.79 Å². The molecule has 25 heavy (non-hydrogen) atoms. The summed E-state index contributed by atoms with van der Waals surface area (Å²) in [7, 11) is 0. The number of hydrogen-bond donors (Lipinski definition) is 1. The van der Waals surface area contributed by atoms with Gasteiger partial charge in [0.25, 0.3) is 5.91 Å². The van der Waals surface area contributed by atoms with Crippen LogP contribution < -0.4 is 10.2 Å². The maximum atomic E-state index is 12.2. The van der Waals surface area contributed by atoms with Gasteiger partial charge in [-0.25, -0.2) is 0 Å². The summed E-state index contributed by atoms with van der Waals surface area (Å²) in [5.41, 5.74) is 2.99. The van der Waals surface area contributed by atoms with Crippen LogP contribution in [0.5, 0.6) is 0 Å². The monoisotopic (exact) mass is 350 g/mol. The van der Waals surface area contributed by atoms with Gasteiger partial charge in [0.05, 0.1) is 0 Å². The van der Waals surface area contributed by atoms with Crippen molar-refractivity contribution in [3.63, 3.8) is 0 Å². The fourth-order valence-corrected chi connectivity index (χ4v) is 3.03. The van der Waals surface area contributed by atoms with Gasteiger partial charge in [0.15, 0.2) is 11.6 Å². The molecule has 0 aliphatic carbocycles. The van der Waals surface area contributed by atoms with Crippen LogP contribution in [-0.4, -0.2) is 22.6 Å². The van der Waals surface area contributed by atoms with Crippen molar-refractivity contribution in [2.24, 2.45) is 0 Å². The Morgan fingerprint density at radius 2 is 1.80 bits per heavy atom. The highest BCUT2D eigenvalue weighted by Crippen LogP contribution is 2.32. The van der Waals surface area contributed by atoms with Crippen molar-refractivity contribution in [3.05, 3.63) is 76.8 Å². The zero-order chi connectivity index (χ0) is 17.2. The number of benzene rings is 2. The van der Waals surface area contributed by atoms with E-state index in [0.29, 0.717) is 16.4 Å². The Hall–Kier alpha value is -2.92. The lowest BCUT2D eigenvalue weighted by Crippen LogP contribution is -2.17. The van der Waals surface area contributed by atoms with Crippen molar-refractivity contribution in [1.29, 1.82) is 0 Å². The van der Waals surface area contributed by atoms with Crippen LogP contribution in [0.1, 0.15) is 15.9 Å². The van der Waals surface area contributed by atoms with Gasteiger partial charge in [-0.1, -0.05) is 29.8 Å². The Morgan fingerprint density at radius 3 is 2.56 bits per heavy atom. The smallest absolute Gasteiger partial charge is 0.256 e. The average Bonchev–Trinajstić information content (AvgIpc) is 3.07.